The number of carbonyl (C=O) groups is 2. The highest BCUT2D eigenvalue weighted by atomic mass is 32.1. The second kappa shape index (κ2) is 2.87. The normalized spacial score (nSPS) is 13.9. The van der Waals surface area contributed by atoms with Gasteiger partial charge in [0.2, 0.25) is 11.6 Å². The Balaban J connectivity index is 2.34. The van der Waals surface area contributed by atoms with E-state index in [2.05, 4.69) is 0 Å². The molecule has 0 radical (unpaired) electrons. The summed E-state index contributed by atoms with van der Waals surface area (Å²) in [5.41, 5.74) is 1.15. The standard InChI is InChI=1S/C11H6O2S2/c1-5-4-7-9(13)10-6(2-3-14-10)8(12)11(7)15-5/h2-4H,1H3. The quantitative estimate of drug-likeness (QED) is 0.599. The van der Waals surface area contributed by atoms with E-state index in [-0.39, 0.29) is 11.6 Å². The molecule has 0 aliphatic heterocycles. The molecule has 2 aromatic rings. The van der Waals surface area contributed by atoms with Crippen molar-refractivity contribution < 1.29 is 9.59 Å². The molecule has 1 aliphatic carbocycles. The predicted molar refractivity (Wildman–Crippen MR) is 60.2 cm³/mol. The molecule has 4 heteroatoms. The Hall–Kier alpha value is -1.26. The first-order chi connectivity index (χ1) is 7.18. The summed E-state index contributed by atoms with van der Waals surface area (Å²) in [5, 5.41) is 1.80. The fraction of sp³-hybridized carbons (Fsp3) is 0.0909. The molecule has 0 saturated carbocycles. The minimum Gasteiger partial charge on any atom is -0.288 e. The van der Waals surface area contributed by atoms with Gasteiger partial charge in [-0.1, -0.05) is 0 Å². The molecular weight excluding hydrogens is 228 g/mol. The topological polar surface area (TPSA) is 34.1 Å². The average molecular weight is 234 g/mol. The first-order valence-corrected chi connectivity index (χ1v) is 6.15. The van der Waals surface area contributed by atoms with Gasteiger partial charge < -0.3 is 0 Å². The molecule has 0 saturated heterocycles. The molecular formula is C11H6O2S2. The summed E-state index contributed by atoms with van der Waals surface area (Å²) in [6, 6.07) is 3.54. The second-order valence-corrected chi connectivity index (χ2v) is 5.59. The zero-order valence-electron chi connectivity index (χ0n) is 7.87. The van der Waals surface area contributed by atoms with Crippen LogP contribution in [0.5, 0.6) is 0 Å². The highest BCUT2D eigenvalue weighted by Crippen LogP contribution is 2.35. The van der Waals surface area contributed by atoms with Crippen LogP contribution in [-0.4, -0.2) is 11.6 Å². The minimum absolute atomic E-state index is 0.000972. The molecule has 3 rings (SSSR count). The lowest BCUT2D eigenvalue weighted by atomic mass is 9.96. The Kier molecular flexibility index (Phi) is 1.72. The summed E-state index contributed by atoms with van der Waals surface area (Å²) in [7, 11) is 0. The number of thiophene rings is 2. The fourth-order valence-corrected chi connectivity index (χ4v) is 3.57. The van der Waals surface area contributed by atoms with Crippen LogP contribution in [0.2, 0.25) is 0 Å². The van der Waals surface area contributed by atoms with Gasteiger partial charge in [0.15, 0.2) is 0 Å². The monoisotopic (exact) mass is 234 g/mol. The van der Waals surface area contributed by atoms with Crippen LogP contribution >= 0.6 is 22.7 Å². The number of ketones is 2. The van der Waals surface area contributed by atoms with Gasteiger partial charge in [0, 0.05) is 16.0 Å². The molecule has 2 heterocycles. The van der Waals surface area contributed by atoms with Crippen molar-refractivity contribution in [3.8, 4) is 0 Å². The van der Waals surface area contributed by atoms with Gasteiger partial charge >= 0.3 is 0 Å². The van der Waals surface area contributed by atoms with Gasteiger partial charge in [0.1, 0.15) is 0 Å². The van der Waals surface area contributed by atoms with E-state index >= 15 is 0 Å². The number of fused-ring (bicyclic) bond motifs is 2. The van der Waals surface area contributed by atoms with Gasteiger partial charge in [-0.25, -0.2) is 0 Å². The van der Waals surface area contributed by atoms with Crippen molar-refractivity contribution in [1.29, 1.82) is 0 Å². The van der Waals surface area contributed by atoms with E-state index in [1.165, 1.54) is 22.7 Å². The maximum Gasteiger partial charge on any atom is 0.205 e. The summed E-state index contributed by atoms with van der Waals surface area (Å²) in [6.07, 6.45) is 0. The third-order valence-electron chi connectivity index (χ3n) is 2.42. The molecule has 0 atom stereocenters. The van der Waals surface area contributed by atoms with Crippen LogP contribution in [0.1, 0.15) is 35.3 Å². The van der Waals surface area contributed by atoms with Gasteiger partial charge in [0.05, 0.1) is 9.75 Å². The van der Waals surface area contributed by atoms with E-state index in [1.54, 1.807) is 11.4 Å². The molecule has 0 amide bonds. The van der Waals surface area contributed by atoms with Gasteiger partial charge in [-0.2, -0.15) is 0 Å². The summed E-state index contributed by atoms with van der Waals surface area (Å²) >= 11 is 2.75. The highest BCUT2D eigenvalue weighted by Gasteiger charge is 2.32. The maximum absolute atomic E-state index is 12.0. The zero-order valence-corrected chi connectivity index (χ0v) is 9.50. The van der Waals surface area contributed by atoms with Crippen LogP contribution in [0.15, 0.2) is 17.5 Å². The Morgan fingerprint density at radius 3 is 2.60 bits per heavy atom. The lowest BCUT2D eigenvalue weighted by Gasteiger charge is -2.08. The Morgan fingerprint density at radius 2 is 1.80 bits per heavy atom. The molecule has 2 aromatic heterocycles. The van der Waals surface area contributed by atoms with E-state index in [0.29, 0.717) is 20.9 Å². The Bertz CT molecular complexity index is 542. The number of hydrogen-bond acceptors (Lipinski definition) is 4. The Morgan fingerprint density at radius 1 is 1.07 bits per heavy atom. The van der Waals surface area contributed by atoms with Crippen molar-refractivity contribution in [2.24, 2.45) is 0 Å². The minimum atomic E-state index is -0.000972. The SMILES string of the molecule is Cc1cc2c(s1)C(=O)c1ccsc1C2=O. The maximum atomic E-state index is 12.0. The Labute approximate surface area is 94.2 Å². The largest absolute Gasteiger partial charge is 0.288 e. The van der Waals surface area contributed by atoms with Crippen molar-refractivity contribution in [2.75, 3.05) is 0 Å². The number of carbonyl (C=O) groups excluding carboxylic acids is 2. The van der Waals surface area contributed by atoms with E-state index in [0.717, 1.165) is 4.88 Å². The van der Waals surface area contributed by atoms with Crippen molar-refractivity contribution in [3.63, 3.8) is 0 Å². The third-order valence-corrected chi connectivity index (χ3v) is 4.38. The van der Waals surface area contributed by atoms with Crippen LogP contribution in [0.4, 0.5) is 0 Å². The second-order valence-electron chi connectivity index (χ2n) is 3.42. The predicted octanol–water partition coefficient (Wildman–Crippen LogP) is 2.89. The van der Waals surface area contributed by atoms with Gasteiger partial charge in [-0.3, -0.25) is 9.59 Å². The van der Waals surface area contributed by atoms with Crippen molar-refractivity contribution in [3.05, 3.63) is 43.3 Å². The van der Waals surface area contributed by atoms with Gasteiger partial charge in [-0.15, -0.1) is 22.7 Å². The highest BCUT2D eigenvalue weighted by molar-refractivity contribution is 7.16. The van der Waals surface area contributed by atoms with Crippen molar-refractivity contribution in [1.82, 2.24) is 0 Å². The van der Waals surface area contributed by atoms with E-state index in [9.17, 15) is 9.59 Å². The lowest BCUT2D eigenvalue weighted by molar-refractivity contribution is 0.0986. The first kappa shape index (κ1) is 9.00. The van der Waals surface area contributed by atoms with Crippen molar-refractivity contribution >= 4 is 34.2 Å². The third kappa shape index (κ3) is 1.09. The molecule has 15 heavy (non-hydrogen) atoms. The van der Waals surface area contributed by atoms with Crippen LogP contribution in [0.25, 0.3) is 0 Å². The molecule has 74 valence electrons. The van der Waals surface area contributed by atoms with Crippen LogP contribution < -0.4 is 0 Å². The molecule has 0 bridgehead atoms. The van der Waals surface area contributed by atoms with Crippen LogP contribution in [0.3, 0.4) is 0 Å². The fourth-order valence-electron chi connectivity index (χ4n) is 1.76. The molecule has 2 nitrogen and oxygen atoms in total. The smallest absolute Gasteiger partial charge is 0.205 e. The molecule has 0 N–H and O–H groups in total. The number of aryl methyl sites for hydroxylation is 1. The number of rotatable bonds is 0. The molecule has 0 aromatic carbocycles. The van der Waals surface area contributed by atoms with Gasteiger partial charge in [0.25, 0.3) is 0 Å². The lowest BCUT2D eigenvalue weighted by Crippen LogP contribution is -2.15. The summed E-state index contributed by atoms with van der Waals surface area (Å²) in [5.74, 6) is -0.00194. The first-order valence-electron chi connectivity index (χ1n) is 4.46. The van der Waals surface area contributed by atoms with E-state index in [4.69, 9.17) is 0 Å². The van der Waals surface area contributed by atoms with Crippen LogP contribution in [-0.2, 0) is 0 Å². The summed E-state index contributed by atoms with van der Waals surface area (Å²) in [6.45, 7) is 1.91. The molecule has 0 unspecified atom stereocenters. The summed E-state index contributed by atoms with van der Waals surface area (Å²) in [4.78, 5) is 26.2. The van der Waals surface area contributed by atoms with Gasteiger partial charge in [-0.05, 0) is 24.4 Å². The van der Waals surface area contributed by atoms with E-state index < -0.39 is 0 Å². The average Bonchev–Trinajstić information content (AvgIpc) is 2.79. The molecule has 1 aliphatic rings. The van der Waals surface area contributed by atoms with Crippen LogP contribution in [0, 0.1) is 6.92 Å². The van der Waals surface area contributed by atoms with E-state index in [1.807, 2.05) is 13.0 Å². The molecule has 0 spiro atoms. The molecule has 0 fully saturated rings. The van der Waals surface area contributed by atoms with Crippen molar-refractivity contribution in [2.45, 2.75) is 6.92 Å². The zero-order chi connectivity index (χ0) is 10.6. The number of hydrogen-bond donors (Lipinski definition) is 0. The summed E-state index contributed by atoms with van der Waals surface area (Å²) < 4.78 is 0.